The largest absolute Gasteiger partial charge is 0.339 e. The molecule has 1 saturated carbocycles. The van der Waals surface area contributed by atoms with Gasteiger partial charge in [-0.1, -0.05) is 40.9 Å². The zero-order valence-corrected chi connectivity index (χ0v) is 14.8. The van der Waals surface area contributed by atoms with Gasteiger partial charge in [-0.3, -0.25) is 4.79 Å². The molecule has 120 valence electrons. The first-order chi connectivity index (χ1) is 10.6. The maximum atomic E-state index is 13.4. The summed E-state index contributed by atoms with van der Waals surface area (Å²) in [4.78, 5) is 15.5. The van der Waals surface area contributed by atoms with Crippen LogP contribution < -0.4 is 5.73 Å². The second kappa shape index (κ2) is 6.32. The van der Waals surface area contributed by atoms with E-state index in [0.717, 1.165) is 43.1 Å². The van der Waals surface area contributed by atoms with Gasteiger partial charge in [0, 0.05) is 17.1 Å². The number of nitrogens with zero attached hydrogens (tertiary/aromatic N) is 1. The van der Waals surface area contributed by atoms with Crippen molar-refractivity contribution in [2.45, 2.75) is 50.5 Å². The molecule has 1 aromatic rings. The Hall–Kier alpha value is -0.870. The van der Waals surface area contributed by atoms with Gasteiger partial charge in [0.1, 0.15) is 0 Å². The van der Waals surface area contributed by atoms with Crippen molar-refractivity contribution in [1.82, 2.24) is 4.90 Å². The number of likely N-dealkylation sites (tertiary alicyclic amines) is 1. The van der Waals surface area contributed by atoms with Crippen molar-refractivity contribution in [2.24, 2.45) is 11.7 Å². The van der Waals surface area contributed by atoms with Crippen LogP contribution in [-0.2, 0) is 10.2 Å². The van der Waals surface area contributed by atoms with Crippen LogP contribution in [0.4, 0.5) is 0 Å². The van der Waals surface area contributed by atoms with Gasteiger partial charge in [0.25, 0.3) is 0 Å². The zero-order valence-electron chi connectivity index (χ0n) is 13.2. The Labute approximate surface area is 141 Å². The van der Waals surface area contributed by atoms with Crippen LogP contribution in [0.5, 0.6) is 0 Å². The number of carbonyl (C=O) groups is 1. The van der Waals surface area contributed by atoms with Crippen LogP contribution in [0.25, 0.3) is 0 Å². The first-order valence-corrected chi connectivity index (χ1v) is 9.13. The monoisotopic (exact) mass is 364 g/mol. The van der Waals surface area contributed by atoms with Crippen LogP contribution in [0.1, 0.15) is 44.6 Å². The number of hydrogen-bond acceptors (Lipinski definition) is 2. The van der Waals surface area contributed by atoms with Crippen molar-refractivity contribution in [3.63, 3.8) is 0 Å². The smallest absolute Gasteiger partial charge is 0.233 e. The summed E-state index contributed by atoms with van der Waals surface area (Å²) in [6, 6.07) is 8.63. The lowest BCUT2D eigenvalue weighted by Crippen LogP contribution is -2.47. The molecule has 1 aliphatic heterocycles. The van der Waals surface area contributed by atoms with E-state index < -0.39 is 0 Å². The summed E-state index contributed by atoms with van der Waals surface area (Å²) in [5.41, 5.74) is 6.69. The van der Waals surface area contributed by atoms with Crippen molar-refractivity contribution in [3.05, 3.63) is 34.3 Å². The molecule has 2 atom stereocenters. The zero-order chi connectivity index (χ0) is 15.7. The minimum atomic E-state index is -0.318. The first kappa shape index (κ1) is 16.0. The number of hydrogen-bond donors (Lipinski definition) is 1. The first-order valence-electron chi connectivity index (χ1n) is 8.34. The molecule has 0 radical (unpaired) electrons. The number of nitrogens with two attached hydrogens (primary N) is 1. The van der Waals surface area contributed by atoms with Crippen molar-refractivity contribution in [1.29, 1.82) is 0 Å². The Bertz CT molecular complexity index is 554. The summed E-state index contributed by atoms with van der Waals surface area (Å²) in [6.07, 6.45) is 5.26. The van der Waals surface area contributed by atoms with E-state index in [0.29, 0.717) is 24.4 Å². The Balaban J connectivity index is 1.93. The molecule has 2 fully saturated rings. The van der Waals surface area contributed by atoms with Gasteiger partial charge in [0.15, 0.2) is 0 Å². The van der Waals surface area contributed by atoms with Crippen LogP contribution >= 0.6 is 15.9 Å². The van der Waals surface area contributed by atoms with Crippen molar-refractivity contribution < 1.29 is 4.79 Å². The molecule has 0 bridgehead atoms. The van der Waals surface area contributed by atoms with E-state index in [-0.39, 0.29) is 5.41 Å². The van der Waals surface area contributed by atoms with E-state index in [1.54, 1.807) is 0 Å². The van der Waals surface area contributed by atoms with Gasteiger partial charge in [-0.05, 0) is 56.3 Å². The van der Waals surface area contributed by atoms with Gasteiger partial charge in [-0.15, -0.1) is 0 Å². The molecule has 2 unspecified atom stereocenters. The van der Waals surface area contributed by atoms with Crippen molar-refractivity contribution >= 4 is 21.8 Å². The average molecular weight is 365 g/mol. The highest BCUT2D eigenvalue weighted by Crippen LogP contribution is 2.44. The van der Waals surface area contributed by atoms with Gasteiger partial charge in [0.05, 0.1) is 5.41 Å². The van der Waals surface area contributed by atoms with E-state index in [2.05, 4.69) is 39.9 Å². The number of rotatable bonds is 3. The Morgan fingerprint density at radius 1 is 1.41 bits per heavy atom. The van der Waals surface area contributed by atoms with E-state index in [9.17, 15) is 4.79 Å². The highest BCUT2D eigenvalue weighted by atomic mass is 79.9. The van der Waals surface area contributed by atoms with Gasteiger partial charge >= 0.3 is 0 Å². The molecule has 0 spiro atoms. The second-order valence-corrected chi connectivity index (χ2v) is 7.86. The van der Waals surface area contributed by atoms with E-state index in [1.807, 2.05) is 12.1 Å². The van der Waals surface area contributed by atoms with Crippen LogP contribution in [0, 0.1) is 5.92 Å². The molecule has 1 amide bonds. The van der Waals surface area contributed by atoms with Gasteiger partial charge < -0.3 is 10.6 Å². The third-order valence-electron chi connectivity index (χ3n) is 5.50. The standard InChI is InChI=1S/C18H25BrN2O/c1-13-9-14(11-20)12-21(13)17(22)18(7-2-3-8-18)15-5-4-6-16(19)10-15/h4-6,10,13-14H,2-3,7-9,11-12,20H2,1H3. The lowest BCUT2D eigenvalue weighted by atomic mass is 9.77. The number of benzene rings is 1. The summed E-state index contributed by atoms with van der Waals surface area (Å²) in [7, 11) is 0. The predicted molar refractivity (Wildman–Crippen MR) is 92.6 cm³/mol. The maximum Gasteiger partial charge on any atom is 0.233 e. The molecule has 1 aliphatic carbocycles. The van der Waals surface area contributed by atoms with Crippen LogP contribution in [0.2, 0.25) is 0 Å². The minimum Gasteiger partial charge on any atom is -0.339 e. The SMILES string of the molecule is CC1CC(CN)CN1C(=O)C1(c2cccc(Br)c2)CCCC1. The van der Waals surface area contributed by atoms with Crippen molar-refractivity contribution in [3.8, 4) is 0 Å². The quantitative estimate of drug-likeness (QED) is 0.892. The molecule has 1 heterocycles. The van der Waals surface area contributed by atoms with Gasteiger partial charge in [-0.25, -0.2) is 0 Å². The summed E-state index contributed by atoms with van der Waals surface area (Å²) in [6.45, 7) is 3.67. The summed E-state index contributed by atoms with van der Waals surface area (Å²) in [5, 5.41) is 0. The maximum absolute atomic E-state index is 13.4. The Morgan fingerprint density at radius 3 is 2.73 bits per heavy atom. The Kier molecular flexibility index (Phi) is 4.60. The molecule has 4 heteroatoms. The summed E-state index contributed by atoms with van der Waals surface area (Å²) in [5.74, 6) is 0.784. The molecule has 1 aromatic carbocycles. The molecule has 3 nitrogen and oxygen atoms in total. The van der Waals surface area contributed by atoms with Crippen LogP contribution in [0.3, 0.4) is 0 Å². The molecule has 2 N–H and O–H groups in total. The van der Waals surface area contributed by atoms with E-state index in [4.69, 9.17) is 5.73 Å². The second-order valence-electron chi connectivity index (χ2n) is 6.94. The predicted octanol–water partition coefficient (Wildman–Crippen LogP) is 3.46. The summed E-state index contributed by atoms with van der Waals surface area (Å²) < 4.78 is 1.05. The highest BCUT2D eigenvalue weighted by Gasteiger charge is 2.47. The molecule has 2 aliphatic rings. The summed E-state index contributed by atoms with van der Waals surface area (Å²) >= 11 is 3.56. The molecular formula is C18H25BrN2O. The molecule has 3 rings (SSSR count). The number of amides is 1. The number of carbonyl (C=O) groups excluding carboxylic acids is 1. The highest BCUT2D eigenvalue weighted by molar-refractivity contribution is 9.10. The van der Waals surface area contributed by atoms with Crippen molar-refractivity contribution in [2.75, 3.05) is 13.1 Å². The fourth-order valence-electron chi connectivity index (χ4n) is 4.26. The molecule has 0 aromatic heterocycles. The lowest BCUT2D eigenvalue weighted by molar-refractivity contribution is -0.138. The van der Waals surface area contributed by atoms with E-state index in [1.165, 1.54) is 5.56 Å². The topological polar surface area (TPSA) is 46.3 Å². The van der Waals surface area contributed by atoms with E-state index >= 15 is 0 Å². The third kappa shape index (κ3) is 2.71. The van der Waals surface area contributed by atoms with Crippen LogP contribution in [0.15, 0.2) is 28.7 Å². The Morgan fingerprint density at radius 2 is 2.14 bits per heavy atom. The molecule has 1 saturated heterocycles. The molecular weight excluding hydrogens is 340 g/mol. The fraction of sp³-hybridized carbons (Fsp3) is 0.611. The van der Waals surface area contributed by atoms with Gasteiger partial charge in [-0.2, -0.15) is 0 Å². The van der Waals surface area contributed by atoms with Gasteiger partial charge in [0.2, 0.25) is 5.91 Å². The minimum absolute atomic E-state index is 0.311. The average Bonchev–Trinajstić information content (AvgIpc) is 3.14. The van der Waals surface area contributed by atoms with Crippen LogP contribution in [-0.4, -0.2) is 29.9 Å². The normalized spacial score (nSPS) is 27.3. The lowest BCUT2D eigenvalue weighted by Gasteiger charge is -2.35. The third-order valence-corrected chi connectivity index (χ3v) is 5.99. The fourth-order valence-corrected chi connectivity index (χ4v) is 4.66. The number of halogens is 1. The molecule has 22 heavy (non-hydrogen) atoms.